The summed E-state index contributed by atoms with van der Waals surface area (Å²) in [6, 6.07) is 10.2. The molecule has 1 aromatic heterocycles. The lowest BCUT2D eigenvalue weighted by Crippen LogP contribution is -2.30. The Balaban J connectivity index is 2.19. The Bertz CT molecular complexity index is 573. The molecule has 0 unspecified atom stereocenters. The van der Waals surface area contributed by atoms with E-state index in [1.165, 1.54) is 16.9 Å². The highest BCUT2D eigenvalue weighted by molar-refractivity contribution is 7.13. The number of aromatic nitrogens is 1. The van der Waals surface area contributed by atoms with E-state index < -0.39 is 0 Å². The van der Waals surface area contributed by atoms with Crippen molar-refractivity contribution in [2.75, 3.05) is 13.1 Å². The summed E-state index contributed by atoms with van der Waals surface area (Å²) in [6.45, 7) is 7.40. The van der Waals surface area contributed by atoms with Gasteiger partial charge >= 0.3 is 0 Å². The van der Waals surface area contributed by atoms with Crippen LogP contribution in [0.3, 0.4) is 0 Å². The second-order valence-corrected chi connectivity index (χ2v) is 5.75. The average Bonchev–Trinajstić information content (AvgIpc) is 2.82. The van der Waals surface area contributed by atoms with Gasteiger partial charge in [0.2, 0.25) is 0 Å². The molecule has 2 rings (SSSR count). The van der Waals surface area contributed by atoms with Crippen LogP contribution in [0.2, 0.25) is 0 Å². The van der Waals surface area contributed by atoms with Crippen LogP contribution in [-0.2, 0) is 6.42 Å². The zero-order chi connectivity index (χ0) is 14.5. The predicted molar refractivity (Wildman–Crippen MR) is 83.4 cm³/mol. The molecule has 1 aromatic carbocycles. The first-order chi connectivity index (χ1) is 9.65. The fraction of sp³-hybridized carbons (Fsp3) is 0.375. The van der Waals surface area contributed by atoms with E-state index in [2.05, 4.69) is 17.1 Å². The van der Waals surface area contributed by atoms with Gasteiger partial charge in [0.25, 0.3) is 5.91 Å². The van der Waals surface area contributed by atoms with Gasteiger partial charge in [-0.1, -0.05) is 30.3 Å². The van der Waals surface area contributed by atoms with Crippen molar-refractivity contribution in [3.63, 3.8) is 0 Å². The minimum atomic E-state index is 0.101. The molecule has 0 atom stereocenters. The Labute approximate surface area is 124 Å². The number of nitrogens with zero attached hydrogens (tertiary/aromatic N) is 2. The number of aryl methyl sites for hydroxylation is 1. The molecule has 1 heterocycles. The monoisotopic (exact) mass is 288 g/mol. The van der Waals surface area contributed by atoms with Gasteiger partial charge < -0.3 is 4.90 Å². The Hall–Kier alpha value is -1.68. The molecule has 0 spiro atoms. The number of rotatable bonds is 5. The Morgan fingerprint density at radius 1 is 1.20 bits per heavy atom. The lowest BCUT2D eigenvalue weighted by molar-refractivity contribution is 0.0777. The van der Waals surface area contributed by atoms with Gasteiger partial charge in [-0.15, -0.1) is 11.3 Å². The molecule has 106 valence electrons. The van der Waals surface area contributed by atoms with Gasteiger partial charge in [-0.3, -0.25) is 4.79 Å². The van der Waals surface area contributed by atoms with Gasteiger partial charge in [-0.2, -0.15) is 0 Å². The fourth-order valence-corrected chi connectivity index (χ4v) is 3.22. The third-order valence-corrected chi connectivity index (χ3v) is 4.43. The Morgan fingerprint density at radius 3 is 2.45 bits per heavy atom. The lowest BCUT2D eigenvalue weighted by Gasteiger charge is -2.17. The number of benzene rings is 1. The van der Waals surface area contributed by atoms with Crippen LogP contribution in [0.4, 0.5) is 0 Å². The van der Waals surface area contributed by atoms with Gasteiger partial charge in [0.15, 0.2) is 0 Å². The lowest BCUT2D eigenvalue weighted by atomic mass is 10.2. The van der Waals surface area contributed by atoms with E-state index in [1.54, 1.807) is 0 Å². The van der Waals surface area contributed by atoms with Crippen molar-refractivity contribution in [3.8, 4) is 0 Å². The Morgan fingerprint density at radius 2 is 1.85 bits per heavy atom. The third-order valence-electron chi connectivity index (χ3n) is 3.28. The molecule has 2 aromatic rings. The second kappa shape index (κ2) is 6.66. The van der Waals surface area contributed by atoms with Crippen LogP contribution in [-0.4, -0.2) is 28.9 Å². The van der Waals surface area contributed by atoms with E-state index in [1.807, 2.05) is 43.9 Å². The van der Waals surface area contributed by atoms with Crippen LogP contribution in [0.1, 0.15) is 39.8 Å². The first-order valence-corrected chi connectivity index (χ1v) is 7.76. The van der Waals surface area contributed by atoms with Crippen LogP contribution in [0.25, 0.3) is 0 Å². The van der Waals surface area contributed by atoms with E-state index in [4.69, 9.17) is 0 Å². The number of amides is 1. The first-order valence-electron chi connectivity index (χ1n) is 6.95. The van der Waals surface area contributed by atoms with Crippen LogP contribution in [0.15, 0.2) is 30.3 Å². The quantitative estimate of drug-likeness (QED) is 0.843. The van der Waals surface area contributed by atoms with E-state index in [0.29, 0.717) is 0 Å². The standard InChI is InChI=1S/C16H20N2OS/c1-4-18(5-2)16(19)15-12(3)17-14(20-15)11-13-9-7-6-8-10-13/h6-10H,4-5,11H2,1-3H3. The van der Waals surface area contributed by atoms with Crippen molar-refractivity contribution in [1.82, 2.24) is 9.88 Å². The number of hydrogen-bond donors (Lipinski definition) is 0. The maximum Gasteiger partial charge on any atom is 0.265 e. The molecule has 4 heteroatoms. The molecule has 0 aliphatic heterocycles. The molecule has 0 bridgehead atoms. The molecule has 0 aliphatic carbocycles. The summed E-state index contributed by atoms with van der Waals surface area (Å²) in [7, 11) is 0. The number of thiazole rings is 1. The van der Waals surface area contributed by atoms with E-state index in [0.717, 1.165) is 35.1 Å². The molecule has 0 N–H and O–H groups in total. The van der Waals surface area contributed by atoms with Crippen LogP contribution >= 0.6 is 11.3 Å². The summed E-state index contributed by atoms with van der Waals surface area (Å²) in [5, 5.41) is 1.00. The highest BCUT2D eigenvalue weighted by atomic mass is 32.1. The molecule has 0 aliphatic rings. The third kappa shape index (κ3) is 3.25. The van der Waals surface area contributed by atoms with E-state index in [9.17, 15) is 4.79 Å². The number of carbonyl (C=O) groups is 1. The van der Waals surface area contributed by atoms with Gasteiger partial charge in [-0.05, 0) is 26.3 Å². The summed E-state index contributed by atoms with van der Waals surface area (Å²) >= 11 is 1.52. The van der Waals surface area contributed by atoms with Crippen LogP contribution in [0, 0.1) is 6.92 Å². The molecule has 0 radical (unpaired) electrons. The van der Waals surface area contributed by atoms with Crippen molar-refractivity contribution in [2.45, 2.75) is 27.2 Å². The van der Waals surface area contributed by atoms with Crippen molar-refractivity contribution >= 4 is 17.2 Å². The van der Waals surface area contributed by atoms with E-state index >= 15 is 0 Å². The second-order valence-electron chi connectivity index (χ2n) is 4.66. The number of hydrogen-bond acceptors (Lipinski definition) is 3. The summed E-state index contributed by atoms with van der Waals surface area (Å²) in [6.07, 6.45) is 0.790. The first kappa shape index (κ1) is 14.7. The highest BCUT2D eigenvalue weighted by Gasteiger charge is 2.19. The topological polar surface area (TPSA) is 33.2 Å². The largest absolute Gasteiger partial charge is 0.338 e. The van der Waals surface area contributed by atoms with Gasteiger partial charge in [0.1, 0.15) is 4.88 Å². The molecular formula is C16H20N2OS. The predicted octanol–water partition coefficient (Wildman–Crippen LogP) is 3.52. The summed E-state index contributed by atoms with van der Waals surface area (Å²) in [4.78, 5) is 19.6. The average molecular weight is 288 g/mol. The normalized spacial score (nSPS) is 10.6. The zero-order valence-electron chi connectivity index (χ0n) is 12.2. The molecular weight excluding hydrogens is 268 g/mol. The molecule has 0 saturated heterocycles. The molecule has 20 heavy (non-hydrogen) atoms. The molecule has 0 fully saturated rings. The highest BCUT2D eigenvalue weighted by Crippen LogP contribution is 2.22. The van der Waals surface area contributed by atoms with Crippen molar-refractivity contribution in [2.24, 2.45) is 0 Å². The molecule has 3 nitrogen and oxygen atoms in total. The summed E-state index contributed by atoms with van der Waals surface area (Å²) < 4.78 is 0. The van der Waals surface area contributed by atoms with Crippen molar-refractivity contribution in [3.05, 3.63) is 51.5 Å². The van der Waals surface area contributed by atoms with Crippen LogP contribution < -0.4 is 0 Å². The van der Waals surface area contributed by atoms with E-state index in [-0.39, 0.29) is 5.91 Å². The molecule has 1 amide bonds. The van der Waals surface area contributed by atoms with Gasteiger partial charge in [0.05, 0.1) is 10.7 Å². The Kier molecular flexibility index (Phi) is 4.90. The smallest absolute Gasteiger partial charge is 0.265 e. The van der Waals surface area contributed by atoms with Gasteiger partial charge in [0, 0.05) is 19.5 Å². The SMILES string of the molecule is CCN(CC)C(=O)c1sc(Cc2ccccc2)nc1C. The molecule has 0 saturated carbocycles. The zero-order valence-corrected chi connectivity index (χ0v) is 13.0. The van der Waals surface area contributed by atoms with Crippen molar-refractivity contribution < 1.29 is 4.79 Å². The maximum absolute atomic E-state index is 12.4. The summed E-state index contributed by atoms with van der Waals surface area (Å²) in [5.41, 5.74) is 2.07. The van der Waals surface area contributed by atoms with Crippen molar-refractivity contribution in [1.29, 1.82) is 0 Å². The fourth-order valence-electron chi connectivity index (χ4n) is 2.15. The summed E-state index contributed by atoms with van der Waals surface area (Å²) in [5.74, 6) is 0.101. The minimum Gasteiger partial charge on any atom is -0.338 e. The minimum absolute atomic E-state index is 0.101. The maximum atomic E-state index is 12.4. The van der Waals surface area contributed by atoms with Gasteiger partial charge in [-0.25, -0.2) is 4.98 Å². The number of carbonyl (C=O) groups excluding carboxylic acids is 1. The van der Waals surface area contributed by atoms with Crippen LogP contribution in [0.5, 0.6) is 0 Å².